The zero-order valence-corrected chi connectivity index (χ0v) is 13.4. The van der Waals surface area contributed by atoms with Crippen LogP contribution in [0, 0.1) is 0 Å². The third-order valence-corrected chi connectivity index (χ3v) is 4.47. The smallest absolute Gasteiger partial charge is 0.242 e. The molecular weight excluding hydrogens is 334 g/mol. The van der Waals surface area contributed by atoms with E-state index in [1.54, 1.807) is 0 Å². The highest BCUT2D eigenvalue weighted by atomic mass is 79.9. The fourth-order valence-corrected chi connectivity index (χ4v) is 2.97. The van der Waals surface area contributed by atoms with Gasteiger partial charge in [0.25, 0.3) is 0 Å². The predicted octanol–water partition coefficient (Wildman–Crippen LogP) is 1.39. The third kappa shape index (κ3) is 3.56. The molecule has 1 aromatic rings. The summed E-state index contributed by atoms with van der Waals surface area (Å²) in [5.74, 6) is -0.337. The van der Waals surface area contributed by atoms with Crippen LogP contribution in [0.3, 0.4) is 0 Å². The molecule has 114 valence electrons. The lowest BCUT2D eigenvalue weighted by Crippen LogP contribution is -2.53. The van der Waals surface area contributed by atoms with Gasteiger partial charge in [-0.3, -0.25) is 4.79 Å². The molecule has 0 spiro atoms. The maximum atomic E-state index is 11.7. The highest BCUT2D eigenvalue weighted by molar-refractivity contribution is 9.10. The quantitative estimate of drug-likeness (QED) is 0.839. The number of morpholine rings is 1. The summed E-state index contributed by atoms with van der Waals surface area (Å²) in [5, 5.41) is 3.53. The summed E-state index contributed by atoms with van der Waals surface area (Å²) in [4.78, 5) is 13.8. The van der Waals surface area contributed by atoms with Gasteiger partial charge in [0.15, 0.2) is 0 Å². The number of nitrogens with zero attached hydrogens (tertiary/aromatic N) is 1. The Morgan fingerprint density at radius 1 is 1.48 bits per heavy atom. The van der Waals surface area contributed by atoms with Crippen molar-refractivity contribution in [2.75, 3.05) is 24.7 Å². The molecule has 3 rings (SSSR count). The summed E-state index contributed by atoms with van der Waals surface area (Å²) in [6, 6.07) is 6.45. The number of nitrogens with one attached hydrogen (secondary N) is 1. The highest BCUT2D eigenvalue weighted by Gasteiger charge is 2.29. The monoisotopic (exact) mass is 353 g/mol. The van der Waals surface area contributed by atoms with E-state index < -0.39 is 6.04 Å². The summed E-state index contributed by atoms with van der Waals surface area (Å²) in [5.41, 5.74) is 7.78. The number of hydrogen-bond donors (Lipinski definition) is 2. The molecule has 2 fully saturated rings. The van der Waals surface area contributed by atoms with E-state index in [1.807, 2.05) is 6.07 Å². The van der Waals surface area contributed by atoms with Crippen molar-refractivity contribution in [3.63, 3.8) is 0 Å². The van der Waals surface area contributed by atoms with Crippen LogP contribution in [-0.4, -0.2) is 37.7 Å². The fraction of sp³-hybridized carbons (Fsp3) is 0.533. The molecule has 1 atom stereocenters. The Labute approximate surface area is 132 Å². The Morgan fingerprint density at radius 2 is 2.29 bits per heavy atom. The Morgan fingerprint density at radius 3 is 3.00 bits per heavy atom. The second kappa shape index (κ2) is 6.34. The van der Waals surface area contributed by atoms with Gasteiger partial charge in [-0.2, -0.15) is 0 Å². The lowest BCUT2D eigenvalue weighted by molar-refractivity contribution is -0.121. The van der Waals surface area contributed by atoms with Crippen LogP contribution in [0.5, 0.6) is 0 Å². The van der Waals surface area contributed by atoms with Gasteiger partial charge in [-0.1, -0.05) is 22.0 Å². The van der Waals surface area contributed by atoms with Crippen LogP contribution in [0.4, 0.5) is 5.69 Å². The number of nitrogens with two attached hydrogens (primary N) is 1. The molecule has 1 saturated heterocycles. The molecule has 0 bridgehead atoms. The van der Waals surface area contributed by atoms with Crippen LogP contribution < -0.4 is 16.0 Å². The van der Waals surface area contributed by atoms with Gasteiger partial charge in [0, 0.05) is 29.3 Å². The van der Waals surface area contributed by atoms with E-state index in [-0.39, 0.29) is 5.91 Å². The molecule has 1 aliphatic heterocycles. The second-order valence-electron chi connectivity index (χ2n) is 5.61. The maximum absolute atomic E-state index is 11.7. The van der Waals surface area contributed by atoms with Gasteiger partial charge in [-0.15, -0.1) is 0 Å². The number of hydrogen-bond acceptors (Lipinski definition) is 4. The molecule has 1 aromatic carbocycles. The summed E-state index contributed by atoms with van der Waals surface area (Å²) < 4.78 is 6.41. The van der Waals surface area contributed by atoms with Gasteiger partial charge in [0.2, 0.25) is 5.91 Å². The largest absolute Gasteiger partial charge is 0.377 e. The van der Waals surface area contributed by atoms with Gasteiger partial charge < -0.3 is 20.7 Å². The van der Waals surface area contributed by atoms with Crippen LogP contribution in [0.15, 0.2) is 22.7 Å². The zero-order chi connectivity index (χ0) is 14.8. The van der Waals surface area contributed by atoms with Crippen LogP contribution in [0.1, 0.15) is 18.4 Å². The first-order valence-corrected chi connectivity index (χ1v) is 8.10. The van der Waals surface area contributed by atoms with E-state index in [0.29, 0.717) is 25.8 Å². The molecule has 3 N–H and O–H groups in total. The van der Waals surface area contributed by atoms with Crippen molar-refractivity contribution in [2.24, 2.45) is 5.73 Å². The Hall–Kier alpha value is -1.11. The van der Waals surface area contributed by atoms with Gasteiger partial charge >= 0.3 is 0 Å². The molecule has 21 heavy (non-hydrogen) atoms. The predicted molar refractivity (Wildman–Crippen MR) is 85.2 cm³/mol. The number of halogens is 1. The van der Waals surface area contributed by atoms with Gasteiger partial charge in [-0.05, 0) is 30.5 Å². The molecule has 1 aliphatic carbocycles. The summed E-state index contributed by atoms with van der Waals surface area (Å²) in [6.45, 7) is 2.47. The number of amides is 1. The minimum absolute atomic E-state index is 0.337. The average molecular weight is 354 g/mol. The van der Waals surface area contributed by atoms with Crippen LogP contribution in [-0.2, 0) is 16.1 Å². The number of rotatable bonds is 5. The van der Waals surface area contributed by atoms with Crippen LogP contribution in [0.2, 0.25) is 0 Å². The minimum atomic E-state index is -0.396. The SMILES string of the molecule is NC(=O)C1COCCN1c1cc(Br)ccc1CNC1CC1. The normalized spacial score (nSPS) is 22.3. The Bertz CT molecular complexity index is 534. The lowest BCUT2D eigenvalue weighted by atomic mass is 10.1. The lowest BCUT2D eigenvalue weighted by Gasteiger charge is -2.36. The van der Waals surface area contributed by atoms with Crippen molar-refractivity contribution in [1.82, 2.24) is 5.32 Å². The van der Waals surface area contributed by atoms with Crippen molar-refractivity contribution in [3.8, 4) is 0 Å². The number of ether oxygens (including phenoxy) is 1. The molecular formula is C15H20BrN3O2. The highest BCUT2D eigenvalue weighted by Crippen LogP contribution is 2.29. The molecule has 1 unspecified atom stereocenters. The summed E-state index contributed by atoms with van der Waals surface area (Å²) >= 11 is 3.52. The second-order valence-corrected chi connectivity index (χ2v) is 6.53. The maximum Gasteiger partial charge on any atom is 0.242 e. The molecule has 1 saturated carbocycles. The van der Waals surface area contributed by atoms with Gasteiger partial charge in [-0.25, -0.2) is 0 Å². The number of carbonyl (C=O) groups excluding carboxylic acids is 1. The van der Waals surface area contributed by atoms with E-state index in [2.05, 4.69) is 38.3 Å². The number of primary amides is 1. The fourth-order valence-electron chi connectivity index (χ4n) is 2.62. The first-order valence-electron chi connectivity index (χ1n) is 7.30. The van der Waals surface area contributed by atoms with Crippen molar-refractivity contribution in [1.29, 1.82) is 0 Å². The molecule has 2 aliphatic rings. The first kappa shape index (κ1) is 14.8. The Kier molecular flexibility index (Phi) is 4.47. The van der Waals surface area contributed by atoms with Crippen molar-refractivity contribution < 1.29 is 9.53 Å². The van der Waals surface area contributed by atoms with E-state index >= 15 is 0 Å². The van der Waals surface area contributed by atoms with E-state index in [9.17, 15) is 4.79 Å². The third-order valence-electron chi connectivity index (χ3n) is 3.97. The van der Waals surface area contributed by atoms with E-state index in [1.165, 1.54) is 18.4 Å². The standard InChI is InChI=1S/C15H20BrN3O2/c16-11-2-1-10(8-18-12-3-4-12)13(7-11)19-5-6-21-9-14(19)15(17)20/h1-2,7,12,14,18H,3-6,8-9H2,(H2,17,20). The molecule has 1 heterocycles. The minimum Gasteiger partial charge on any atom is -0.377 e. The molecule has 6 heteroatoms. The molecule has 1 amide bonds. The van der Waals surface area contributed by atoms with Crippen LogP contribution in [0.25, 0.3) is 0 Å². The number of anilines is 1. The average Bonchev–Trinajstić information content (AvgIpc) is 3.30. The molecule has 0 radical (unpaired) electrons. The first-order chi connectivity index (χ1) is 10.1. The van der Waals surface area contributed by atoms with Crippen molar-refractivity contribution in [3.05, 3.63) is 28.2 Å². The van der Waals surface area contributed by atoms with Crippen LogP contribution >= 0.6 is 15.9 Å². The van der Waals surface area contributed by atoms with E-state index in [0.717, 1.165) is 16.7 Å². The summed E-state index contributed by atoms with van der Waals surface area (Å²) in [6.07, 6.45) is 2.51. The molecule has 0 aromatic heterocycles. The van der Waals surface area contributed by atoms with E-state index in [4.69, 9.17) is 10.5 Å². The zero-order valence-electron chi connectivity index (χ0n) is 11.8. The van der Waals surface area contributed by atoms with Gasteiger partial charge in [0.05, 0.1) is 13.2 Å². The topological polar surface area (TPSA) is 67.6 Å². The molecule has 5 nitrogen and oxygen atoms in total. The van der Waals surface area contributed by atoms with Crippen molar-refractivity contribution >= 4 is 27.5 Å². The van der Waals surface area contributed by atoms with Crippen molar-refractivity contribution in [2.45, 2.75) is 31.5 Å². The summed E-state index contributed by atoms with van der Waals surface area (Å²) in [7, 11) is 0. The Balaban J connectivity index is 1.86. The number of carbonyl (C=O) groups is 1. The number of benzene rings is 1. The van der Waals surface area contributed by atoms with Gasteiger partial charge in [0.1, 0.15) is 6.04 Å².